The summed E-state index contributed by atoms with van der Waals surface area (Å²) in [4.78, 5) is 5.10. The lowest BCUT2D eigenvalue weighted by Crippen LogP contribution is -2.19. The van der Waals surface area contributed by atoms with Crippen LogP contribution in [0.3, 0.4) is 0 Å². The number of aromatic nitrogens is 1. The van der Waals surface area contributed by atoms with Crippen LogP contribution in [0.15, 0.2) is 11.7 Å². The average Bonchev–Trinajstić information content (AvgIpc) is 2.74. The topological polar surface area (TPSA) is 42.0 Å². The molecule has 1 aliphatic rings. The normalized spacial score (nSPS) is 23.0. The Morgan fingerprint density at radius 1 is 1.71 bits per heavy atom. The summed E-state index contributed by atoms with van der Waals surface area (Å²) in [5.74, 6) is 0.678. The summed E-state index contributed by atoms with van der Waals surface area (Å²) in [5.41, 5.74) is 1.79. The van der Waals surface area contributed by atoms with Crippen LogP contribution < -0.4 is 5.32 Å². The minimum absolute atomic E-state index is 0. The van der Waals surface area contributed by atoms with Crippen LogP contribution >= 0.6 is 23.7 Å². The summed E-state index contributed by atoms with van der Waals surface area (Å²) >= 11 is 1.59. The standard InChI is InChI=1S/C8H12N2OS2.ClH/c11-13(8-1-2-9-4-8)5-7-3-10-6-12-7;/h3,6,8-9H,1-2,4-5H2;1H/t8-,13?;/m1./s1. The Morgan fingerprint density at radius 2 is 2.57 bits per heavy atom. The zero-order valence-electron chi connectivity index (χ0n) is 7.64. The number of nitrogens with zero attached hydrogens (tertiary/aromatic N) is 1. The molecular weight excluding hydrogens is 240 g/mol. The van der Waals surface area contributed by atoms with E-state index in [9.17, 15) is 4.21 Å². The van der Waals surface area contributed by atoms with Gasteiger partial charge in [-0.25, -0.2) is 0 Å². The average molecular weight is 253 g/mol. The van der Waals surface area contributed by atoms with E-state index in [0.29, 0.717) is 11.0 Å². The second-order valence-corrected chi connectivity index (χ2v) is 5.80. The number of hydrogen-bond acceptors (Lipinski definition) is 4. The molecule has 3 nitrogen and oxygen atoms in total. The monoisotopic (exact) mass is 252 g/mol. The number of hydrogen-bond donors (Lipinski definition) is 1. The molecule has 0 aromatic carbocycles. The maximum atomic E-state index is 11.8. The molecule has 2 heterocycles. The van der Waals surface area contributed by atoms with E-state index in [1.54, 1.807) is 16.8 Å². The van der Waals surface area contributed by atoms with Crippen molar-refractivity contribution >= 4 is 34.5 Å². The quantitative estimate of drug-likeness (QED) is 0.879. The second-order valence-electron chi connectivity index (χ2n) is 3.11. The first kappa shape index (κ1) is 12.1. The van der Waals surface area contributed by atoms with Crippen molar-refractivity contribution in [2.45, 2.75) is 17.4 Å². The van der Waals surface area contributed by atoms with Crippen molar-refractivity contribution in [3.8, 4) is 0 Å². The molecule has 0 amide bonds. The van der Waals surface area contributed by atoms with E-state index in [4.69, 9.17) is 0 Å². The molecule has 0 spiro atoms. The molecule has 2 rings (SSSR count). The molecule has 1 unspecified atom stereocenters. The third-order valence-electron chi connectivity index (χ3n) is 2.15. The van der Waals surface area contributed by atoms with E-state index in [-0.39, 0.29) is 12.4 Å². The smallest absolute Gasteiger partial charge is 0.0794 e. The molecule has 1 N–H and O–H groups in total. The number of rotatable bonds is 3. The lowest BCUT2D eigenvalue weighted by molar-refractivity contribution is 0.672. The zero-order chi connectivity index (χ0) is 9.10. The van der Waals surface area contributed by atoms with E-state index in [1.807, 2.05) is 6.20 Å². The predicted octanol–water partition coefficient (Wildman–Crippen LogP) is 1.18. The van der Waals surface area contributed by atoms with Crippen molar-refractivity contribution in [2.75, 3.05) is 13.1 Å². The van der Waals surface area contributed by atoms with Crippen molar-refractivity contribution in [3.63, 3.8) is 0 Å². The third-order valence-corrected chi connectivity index (χ3v) is 4.86. The molecule has 1 aromatic heterocycles. The van der Waals surface area contributed by atoms with Gasteiger partial charge in [0.05, 0.1) is 11.3 Å². The Labute approximate surface area is 96.2 Å². The van der Waals surface area contributed by atoms with Gasteiger partial charge in [-0.15, -0.1) is 23.7 Å². The van der Waals surface area contributed by atoms with Crippen LogP contribution in [-0.4, -0.2) is 27.5 Å². The minimum Gasteiger partial charge on any atom is -0.315 e. The zero-order valence-corrected chi connectivity index (χ0v) is 10.1. The first-order valence-corrected chi connectivity index (χ1v) is 6.57. The Kier molecular flexibility index (Phi) is 5.01. The molecule has 1 aliphatic heterocycles. The van der Waals surface area contributed by atoms with Gasteiger partial charge in [0.25, 0.3) is 0 Å². The molecule has 0 bridgehead atoms. The molecule has 1 fully saturated rings. The van der Waals surface area contributed by atoms with Gasteiger partial charge in [0.2, 0.25) is 0 Å². The SMILES string of the molecule is Cl.O=S(Cc1cncs1)[C@@H]1CCNC1. The van der Waals surface area contributed by atoms with Crippen molar-refractivity contribution in [2.24, 2.45) is 0 Å². The second kappa shape index (κ2) is 5.80. The van der Waals surface area contributed by atoms with Crippen LogP contribution in [0.1, 0.15) is 11.3 Å². The molecule has 14 heavy (non-hydrogen) atoms. The number of thiazole rings is 1. The van der Waals surface area contributed by atoms with Gasteiger partial charge in [-0.2, -0.15) is 0 Å². The summed E-state index contributed by atoms with van der Waals surface area (Å²) in [6.45, 7) is 1.92. The van der Waals surface area contributed by atoms with Crippen LogP contribution in [0.4, 0.5) is 0 Å². The van der Waals surface area contributed by atoms with E-state index < -0.39 is 10.8 Å². The largest absolute Gasteiger partial charge is 0.315 e. The highest BCUT2D eigenvalue weighted by molar-refractivity contribution is 7.85. The lowest BCUT2D eigenvalue weighted by atomic mass is 10.4. The minimum atomic E-state index is -0.717. The molecule has 0 saturated carbocycles. The Hall–Kier alpha value is 0.0300. The van der Waals surface area contributed by atoms with Crippen LogP contribution in [-0.2, 0) is 16.6 Å². The van der Waals surface area contributed by atoms with Crippen molar-refractivity contribution in [1.82, 2.24) is 10.3 Å². The first-order valence-electron chi connectivity index (χ1n) is 4.31. The van der Waals surface area contributed by atoms with Crippen LogP contribution in [0.5, 0.6) is 0 Å². The van der Waals surface area contributed by atoms with Crippen LogP contribution in [0.25, 0.3) is 0 Å². The fourth-order valence-corrected chi connectivity index (χ4v) is 3.70. The van der Waals surface area contributed by atoms with Crippen molar-refractivity contribution < 1.29 is 4.21 Å². The van der Waals surface area contributed by atoms with E-state index in [0.717, 1.165) is 24.4 Å². The molecule has 1 saturated heterocycles. The fourth-order valence-electron chi connectivity index (χ4n) is 1.42. The van der Waals surface area contributed by atoms with Gasteiger partial charge < -0.3 is 5.32 Å². The van der Waals surface area contributed by atoms with E-state index in [2.05, 4.69) is 10.3 Å². The summed E-state index contributed by atoms with van der Waals surface area (Å²) in [5, 5.41) is 3.58. The highest BCUT2D eigenvalue weighted by atomic mass is 35.5. The Bertz CT molecular complexity index is 286. The molecule has 6 heteroatoms. The lowest BCUT2D eigenvalue weighted by Gasteiger charge is -2.05. The molecular formula is C8H13ClN2OS2. The van der Waals surface area contributed by atoms with Crippen molar-refractivity contribution in [3.05, 3.63) is 16.6 Å². The highest BCUT2D eigenvalue weighted by Gasteiger charge is 2.21. The third kappa shape index (κ3) is 3.02. The summed E-state index contributed by atoms with van der Waals surface area (Å²) < 4.78 is 11.8. The van der Waals surface area contributed by atoms with Gasteiger partial charge in [-0.05, 0) is 13.0 Å². The number of halogens is 1. The highest BCUT2D eigenvalue weighted by Crippen LogP contribution is 2.14. The molecule has 0 aliphatic carbocycles. The Balaban J connectivity index is 0.000000980. The molecule has 2 atom stereocenters. The van der Waals surface area contributed by atoms with Gasteiger partial charge in [-0.3, -0.25) is 9.19 Å². The van der Waals surface area contributed by atoms with E-state index >= 15 is 0 Å². The first-order chi connectivity index (χ1) is 6.36. The van der Waals surface area contributed by atoms with Crippen molar-refractivity contribution in [1.29, 1.82) is 0 Å². The molecule has 1 aromatic rings. The van der Waals surface area contributed by atoms with Gasteiger partial charge in [-0.1, -0.05) is 0 Å². The Morgan fingerprint density at radius 3 is 3.14 bits per heavy atom. The predicted molar refractivity (Wildman–Crippen MR) is 62.5 cm³/mol. The fraction of sp³-hybridized carbons (Fsp3) is 0.625. The maximum Gasteiger partial charge on any atom is 0.0794 e. The summed E-state index contributed by atoms with van der Waals surface area (Å²) in [6, 6.07) is 0. The van der Waals surface area contributed by atoms with Gasteiger partial charge >= 0.3 is 0 Å². The number of nitrogens with one attached hydrogen (secondary N) is 1. The molecule has 0 radical (unpaired) electrons. The van der Waals surface area contributed by atoms with Gasteiger partial charge in [0, 0.05) is 33.7 Å². The summed E-state index contributed by atoms with van der Waals surface area (Å²) in [7, 11) is -0.717. The maximum absolute atomic E-state index is 11.8. The van der Waals surface area contributed by atoms with Gasteiger partial charge in [0.15, 0.2) is 0 Å². The van der Waals surface area contributed by atoms with Crippen LogP contribution in [0.2, 0.25) is 0 Å². The molecule has 80 valence electrons. The van der Waals surface area contributed by atoms with Crippen LogP contribution in [0, 0.1) is 0 Å². The summed E-state index contributed by atoms with van der Waals surface area (Å²) in [6.07, 6.45) is 2.86. The van der Waals surface area contributed by atoms with Gasteiger partial charge in [0.1, 0.15) is 0 Å². The van der Waals surface area contributed by atoms with E-state index in [1.165, 1.54) is 0 Å².